The van der Waals surface area contributed by atoms with Crippen LogP contribution in [0.2, 0.25) is 0 Å². The molecule has 0 spiro atoms. The molecule has 1 aliphatic carbocycles. The lowest BCUT2D eigenvalue weighted by molar-refractivity contribution is 0.252. The van der Waals surface area contributed by atoms with Crippen molar-refractivity contribution in [3.8, 4) is 0 Å². The van der Waals surface area contributed by atoms with Gasteiger partial charge in [-0.15, -0.1) is 11.6 Å². The van der Waals surface area contributed by atoms with Gasteiger partial charge in [0.2, 0.25) is 0 Å². The van der Waals surface area contributed by atoms with Gasteiger partial charge in [-0.25, -0.2) is 10.2 Å². The van der Waals surface area contributed by atoms with Crippen molar-refractivity contribution in [1.29, 1.82) is 0 Å². The Bertz CT molecular complexity index is 621. The molecule has 19 heavy (non-hydrogen) atoms. The summed E-state index contributed by atoms with van der Waals surface area (Å²) in [5.74, 6) is 0. The highest BCUT2D eigenvalue weighted by Gasteiger charge is 2.34. The summed E-state index contributed by atoms with van der Waals surface area (Å²) in [7, 11) is 0. The summed E-state index contributed by atoms with van der Waals surface area (Å²) < 4.78 is 0. The topological polar surface area (TPSA) is 53.5 Å². The number of allylic oxidation sites excluding steroid dienone is 4. The van der Waals surface area contributed by atoms with E-state index in [1.165, 1.54) is 0 Å². The second-order valence-corrected chi connectivity index (χ2v) is 5.10. The van der Waals surface area contributed by atoms with E-state index in [4.69, 9.17) is 11.6 Å². The van der Waals surface area contributed by atoms with Crippen molar-refractivity contribution in [2.45, 2.75) is 11.3 Å². The summed E-state index contributed by atoms with van der Waals surface area (Å²) in [6.45, 7) is 0. The number of anilines is 1. The Hall–Kier alpha value is -2.07. The van der Waals surface area contributed by atoms with E-state index in [1.54, 1.807) is 0 Å². The average molecular weight is 274 g/mol. The standard InChI is InChI=1S/C14H12ClN3O/c15-14(8-4-1-5-9-14)12-10-6-2-3-7-11(10)16-13(19)18-17-12/h1-8H,9H2,(H2,16,18,19). The lowest BCUT2D eigenvalue weighted by Gasteiger charge is -2.25. The Labute approximate surface area is 115 Å². The number of hydrazone groups is 1. The van der Waals surface area contributed by atoms with Gasteiger partial charge in [-0.2, -0.15) is 5.10 Å². The highest BCUT2D eigenvalue weighted by Crippen LogP contribution is 2.33. The number of rotatable bonds is 1. The number of carbonyl (C=O) groups excluding carboxylic acids is 1. The van der Waals surface area contributed by atoms with E-state index in [9.17, 15) is 4.79 Å². The molecule has 0 saturated carbocycles. The van der Waals surface area contributed by atoms with E-state index in [1.807, 2.05) is 48.6 Å². The number of alkyl halides is 1. The van der Waals surface area contributed by atoms with Crippen molar-refractivity contribution >= 4 is 29.0 Å². The first-order valence-corrected chi connectivity index (χ1v) is 6.35. The van der Waals surface area contributed by atoms with E-state index in [-0.39, 0.29) is 6.03 Å². The summed E-state index contributed by atoms with van der Waals surface area (Å²) in [6.07, 6.45) is 8.34. The zero-order chi connectivity index (χ0) is 13.3. The molecule has 1 aliphatic heterocycles. The second kappa shape index (κ2) is 4.55. The highest BCUT2D eigenvalue weighted by molar-refractivity contribution is 6.41. The van der Waals surface area contributed by atoms with E-state index >= 15 is 0 Å². The Morgan fingerprint density at radius 3 is 2.89 bits per heavy atom. The van der Waals surface area contributed by atoms with Crippen molar-refractivity contribution < 1.29 is 4.79 Å². The molecule has 1 unspecified atom stereocenters. The van der Waals surface area contributed by atoms with Crippen LogP contribution >= 0.6 is 11.6 Å². The monoisotopic (exact) mass is 273 g/mol. The van der Waals surface area contributed by atoms with E-state index in [2.05, 4.69) is 15.8 Å². The van der Waals surface area contributed by atoms with Gasteiger partial charge in [0.15, 0.2) is 0 Å². The first-order chi connectivity index (χ1) is 9.19. The molecule has 5 heteroatoms. The molecule has 0 saturated heterocycles. The number of carbonyl (C=O) groups is 1. The molecule has 1 heterocycles. The third-order valence-corrected chi connectivity index (χ3v) is 3.58. The summed E-state index contributed by atoms with van der Waals surface area (Å²) in [5.41, 5.74) is 4.64. The Kier molecular flexibility index (Phi) is 2.87. The van der Waals surface area contributed by atoms with Gasteiger partial charge in [0.25, 0.3) is 0 Å². The fourth-order valence-corrected chi connectivity index (χ4v) is 2.51. The van der Waals surface area contributed by atoms with Crippen LogP contribution in [-0.2, 0) is 0 Å². The first kappa shape index (κ1) is 12.0. The number of para-hydroxylation sites is 1. The Morgan fingerprint density at radius 1 is 1.26 bits per heavy atom. The number of hydrogen-bond acceptors (Lipinski definition) is 2. The van der Waals surface area contributed by atoms with Gasteiger partial charge >= 0.3 is 6.03 Å². The third kappa shape index (κ3) is 2.15. The molecule has 4 nitrogen and oxygen atoms in total. The normalized spacial score (nSPS) is 24.9. The van der Waals surface area contributed by atoms with Crippen molar-refractivity contribution in [2.24, 2.45) is 5.10 Å². The molecule has 0 aromatic heterocycles. The molecule has 2 amide bonds. The maximum atomic E-state index is 11.6. The van der Waals surface area contributed by atoms with Crippen molar-refractivity contribution in [2.75, 3.05) is 5.32 Å². The zero-order valence-corrected chi connectivity index (χ0v) is 10.8. The number of fused-ring (bicyclic) bond motifs is 1. The maximum Gasteiger partial charge on any atom is 0.339 e. The van der Waals surface area contributed by atoms with Gasteiger partial charge in [0, 0.05) is 5.56 Å². The number of nitrogens with zero attached hydrogens (tertiary/aromatic N) is 1. The molecule has 0 bridgehead atoms. The van der Waals surface area contributed by atoms with Crippen LogP contribution in [0.1, 0.15) is 12.0 Å². The summed E-state index contributed by atoms with van der Waals surface area (Å²) >= 11 is 6.65. The van der Waals surface area contributed by atoms with Crippen LogP contribution in [0.5, 0.6) is 0 Å². The van der Waals surface area contributed by atoms with Crippen LogP contribution in [0.4, 0.5) is 10.5 Å². The molecule has 1 atom stereocenters. The fourth-order valence-electron chi connectivity index (χ4n) is 2.20. The van der Waals surface area contributed by atoms with Crippen LogP contribution in [-0.4, -0.2) is 16.6 Å². The predicted molar refractivity (Wildman–Crippen MR) is 76.6 cm³/mol. The molecule has 1 aromatic rings. The third-order valence-electron chi connectivity index (χ3n) is 3.12. The number of nitrogens with one attached hydrogen (secondary N) is 2. The molecule has 2 aliphatic rings. The van der Waals surface area contributed by atoms with Gasteiger partial charge in [0.1, 0.15) is 4.87 Å². The highest BCUT2D eigenvalue weighted by atomic mass is 35.5. The van der Waals surface area contributed by atoms with Gasteiger partial charge in [-0.05, 0) is 12.5 Å². The summed E-state index contributed by atoms with van der Waals surface area (Å²) in [5, 5.41) is 6.92. The van der Waals surface area contributed by atoms with Crippen molar-refractivity contribution in [3.63, 3.8) is 0 Å². The number of urea groups is 1. The molecular formula is C14H12ClN3O. The number of hydrogen-bond donors (Lipinski definition) is 2. The minimum Gasteiger partial charge on any atom is -0.306 e. The molecule has 3 rings (SSSR count). The van der Waals surface area contributed by atoms with Gasteiger partial charge in [-0.1, -0.05) is 42.5 Å². The maximum absolute atomic E-state index is 11.6. The minimum absolute atomic E-state index is 0.363. The predicted octanol–water partition coefficient (Wildman–Crippen LogP) is 3.02. The average Bonchev–Trinajstić information content (AvgIpc) is 2.58. The van der Waals surface area contributed by atoms with E-state index < -0.39 is 4.87 Å². The zero-order valence-electron chi connectivity index (χ0n) is 10.1. The van der Waals surface area contributed by atoms with Crippen LogP contribution < -0.4 is 10.7 Å². The van der Waals surface area contributed by atoms with E-state index in [0.29, 0.717) is 17.8 Å². The molecule has 96 valence electrons. The Morgan fingerprint density at radius 2 is 2.11 bits per heavy atom. The van der Waals surface area contributed by atoms with Gasteiger partial charge in [0.05, 0.1) is 11.4 Å². The number of benzene rings is 1. The smallest absolute Gasteiger partial charge is 0.306 e. The van der Waals surface area contributed by atoms with Gasteiger partial charge in [-0.3, -0.25) is 0 Å². The summed E-state index contributed by atoms with van der Waals surface area (Å²) in [6, 6.07) is 7.13. The SMILES string of the molecule is O=C1NN=C(C2(Cl)C=CC=CC2)c2ccccc2N1. The molecule has 0 radical (unpaired) electrons. The Balaban J connectivity index is 2.12. The van der Waals surface area contributed by atoms with Crippen LogP contribution in [0.15, 0.2) is 53.7 Å². The number of halogens is 1. The van der Waals surface area contributed by atoms with Crippen molar-refractivity contribution in [1.82, 2.24) is 5.43 Å². The van der Waals surface area contributed by atoms with Crippen LogP contribution in [0, 0.1) is 0 Å². The lowest BCUT2D eigenvalue weighted by atomic mass is 9.89. The largest absolute Gasteiger partial charge is 0.339 e. The second-order valence-electron chi connectivity index (χ2n) is 4.43. The molecule has 0 fully saturated rings. The first-order valence-electron chi connectivity index (χ1n) is 5.97. The van der Waals surface area contributed by atoms with Crippen molar-refractivity contribution in [3.05, 3.63) is 54.1 Å². The fraction of sp³-hybridized carbons (Fsp3) is 0.143. The molecule has 2 N–H and O–H groups in total. The van der Waals surface area contributed by atoms with Gasteiger partial charge < -0.3 is 5.32 Å². The van der Waals surface area contributed by atoms with Crippen LogP contribution in [0.3, 0.4) is 0 Å². The number of amides is 2. The minimum atomic E-state index is -0.732. The quantitative estimate of drug-likeness (QED) is 0.759. The van der Waals surface area contributed by atoms with E-state index in [0.717, 1.165) is 5.56 Å². The molecular weight excluding hydrogens is 262 g/mol. The lowest BCUT2D eigenvalue weighted by Crippen LogP contribution is -2.33. The van der Waals surface area contributed by atoms with Crippen LogP contribution in [0.25, 0.3) is 0 Å². The summed E-state index contributed by atoms with van der Waals surface area (Å²) in [4.78, 5) is 10.8. The molecule has 1 aromatic carbocycles.